The molecule has 0 bridgehead atoms. The lowest BCUT2D eigenvalue weighted by Crippen LogP contribution is -2.32. The van der Waals surface area contributed by atoms with E-state index in [1.165, 1.54) is 4.68 Å². The standard InChI is InChI=1S/C10H14F3N3/c11-10(12,13)9-5-15-16(7-9)6-8-2-1-3-14-4-8/h5,7-8,14H,1-4,6H2. The molecule has 1 aliphatic rings. The molecule has 1 saturated heterocycles. The van der Waals surface area contributed by atoms with Gasteiger partial charge in [-0.05, 0) is 31.8 Å². The van der Waals surface area contributed by atoms with Crippen LogP contribution in [0.4, 0.5) is 13.2 Å². The molecule has 0 aromatic carbocycles. The Morgan fingerprint density at radius 1 is 1.50 bits per heavy atom. The van der Waals surface area contributed by atoms with Gasteiger partial charge in [0.2, 0.25) is 0 Å². The first-order chi connectivity index (χ1) is 7.55. The van der Waals surface area contributed by atoms with Crippen molar-refractivity contribution in [2.45, 2.75) is 25.6 Å². The van der Waals surface area contributed by atoms with E-state index in [0.717, 1.165) is 38.3 Å². The minimum absolute atomic E-state index is 0.384. The predicted molar refractivity (Wildman–Crippen MR) is 52.8 cm³/mol. The number of aromatic nitrogens is 2. The summed E-state index contributed by atoms with van der Waals surface area (Å²) in [6.45, 7) is 2.42. The molecule has 16 heavy (non-hydrogen) atoms. The monoisotopic (exact) mass is 233 g/mol. The topological polar surface area (TPSA) is 29.9 Å². The van der Waals surface area contributed by atoms with Crippen LogP contribution in [-0.2, 0) is 12.7 Å². The van der Waals surface area contributed by atoms with Gasteiger partial charge in [0.25, 0.3) is 0 Å². The average molecular weight is 233 g/mol. The van der Waals surface area contributed by atoms with Crippen LogP contribution in [0.5, 0.6) is 0 Å². The van der Waals surface area contributed by atoms with E-state index in [0.29, 0.717) is 12.5 Å². The van der Waals surface area contributed by atoms with Crippen molar-refractivity contribution < 1.29 is 13.2 Å². The van der Waals surface area contributed by atoms with E-state index < -0.39 is 11.7 Å². The summed E-state index contributed by atoms with van der Waals surface area (Å²) in [6.07, 6.45) is -0.194. The lowest BCUT2D eigenvalue weighted by Gasteiger charge is -2.22. The Labute approximate surface area is 91.6 Å². The van der Waals surface area contributed by atoms with Crippen molar-refractivity contribution in [3.63, 3.8) is 0 Å². The van der Waals surface area contributed by atoms with Gasteiger partial charge in [-0.3, -0.25) is 4.68 Å². The van der Waals surface area contributed by atoms with Crippen LogP contribution in [-0.4, -0.2) is 22.9 Å². The van der Waals surface area contributed by atoms with Gasteiger partial charge in [0.05, 0.1) is 11.8 Å². The van der Waals surface area contributed by atoms with Crippen LogP contribution >= 0.6 is 0 Å². The zero-order chi connectivity index (χ0) is 11.6. The largest absolute Gasteiger partial charge is 0.419 e. The fourth-order valence-corrected chi connectivity index (χ4v) is 1.95. The Morgan fingerprint density at radius 3 is 2.88 bits per heavy atom. The highest BCUT2D eigenvalue weighted by Gasteiger charge is 2.32. The number of nitrogens with one attached hydrogen (secondary N) is 1. The average Bonchev–Trinajstić information content (AvgIpc) is 2.67. The van der Waals surface area contributed by atoms with E-state index in [2.05, 4.69) is 10.4 Å². The molecule has 3 nitrogen and oxygen atoms in total. The zero-order valence-electron chi connectivity index (χ0n) is 8.80. The molecule has 0 spiro atoms. The van der Waals surface area contributed by atoms with E-state index >= 15 is 0 Å². The number of halogens is 3. The van der Waals surface area contributed by atoms with Crippen molar-refractivity contribution in [1.29, 1.82) is 0 Å². The van der Waals surface area contributed by atoms with E-state index in [9.17, 15) is 13.2 Å². The Kier molecular flexibility index (Phi) is 3.18. The van der Waals surface area contributed by atoms with Gasteiger partial charge >= 0.3 is 6.18 Å². The number of hydrogen-bond donors (Lipinski definition) is 1. The van der Waals surface area contributed by atoms with Crippen LogP contribution in [0, 0.1) is 5.92 Å². The quantitative estimate of drug-likeness (QED) is 0.845. The van der Waals surface area contributed by atoms with E-state index in [1.807, 2.05) is 0 Å². The second-order valence-corrected chi connectivity index (χ2v) is 4.16. The fourth-order valence-electron chi connectivity index (χ4n) is 1.95. The number of piperidine rings is 1. The summed E-state index contributed by atoms with van der Waals surface area (Å²) >= 11 is 0. The van der Waals surface area contributed by atoms with Crippen molar-refractivity contribution >= 4 is 0 Å². The zero-order valence-corrected chi connectivity index (χ0v) is 8.80. The molecule has 1 atom stereocenters. The van der Waals surface area contributed by atoms with Crippen molar-refractivity contribution in [2.24, 2.45) is 5.92 Å². The van der Waals surface area contributed by atoms with Crippen molar-refractivity contribution in [3.05, 3.63) is 18.0 Å². The molecule has 6 heteroatoms. The molecule has 1 aromatic rings. The summed E-state index contributed by atoms with van der Waals surface area (Å²) in [5.74, 6) is 0.384. The summed E-state index contributed by atoms with van der Waals surface area (Å²) in [5.41, 5.74) is -0.670. The molecular formula is C10H14F3N3. The minimum Gasteiger partial charge on any atom is -0.316 e. The van der Waals surface area contributed by atoms with Crippen LogP contribution in [0.1, 0.15) is 18.4 Å². The summed E-state index contributed by atoms with van der Waals surface area (Å²) in [4.78, 5) is 0. The molecule has 1 aliphatic heterocycles. The van der Waals surface area contributed by atoms with Crippen molar-refractivity contribution in [2.75, 3.05) is 13.1 Å². The summed E-state index contributed by atoms with van der Waals surface area (Å²) in [5, 5.41) is 6.97. The van der Waals surface area contributed by atoms with Gasteiger partial charge in [-0.1, -0.05) is 0 Å². The SMILES string of the molecule is FC(F)(F)c1cnn(CC2CCCNC2)c1. The van der Waals surface area contributed by atoms with Gasteiger partial charge in [-0.2, -0.15) is 18.3 Å². The lowest BCUT2D eigenvalue weighted by atomic mass is 10.00. The first kappa shape index (κ1) is 11.4. The van der Waals surface area contributed by atoms with E-state index in [-0.39, 0.29) is 0 Å². The second-order valence-electron chi connectivity index (χ2n) is 4.16. The smallest absolute Gasteiger partial charge is 0.316 e. The van der Waals surface area contributed by atoms with E-state index in [1.54, 1.807) is 0 Å². The number of rotatable bonds is 2. The third kappa shape index (κ3) is 2.75. The number of alkyl halides is 3. The molecule has 0 saturated carbocycles. The molecule has 0 radical (unpaired) electrons. The molecule has 2 rings (SSSR count). The van der Waals surface area contributed by atoms with Gasteiger partial charge in [0.15, 0.2) is 0 Å². The van der Waals surface area contributed by atoms with Crippen LogP contribution in [0.3, 0.4) is 0 Å². The van der Waals surface area contributed by atoms with Gasteiger partial charge in [-0.25, -0.2) is 0 Å². The van der Waals surface area contributed by atoms with Crippen LogP contribution in [0.15, 0.2) is 12.4 Å². The Hall–Kier alpha value is -1.04. The number of hydrogen-bond acceptors (Lipinski definition) is 2. The molecule has 1 aromatic heterocycles. The summed E-state index contributed by atoms with van der Waals surface area (Å²) < 4.78 is 38.3. The minimum atomic E-state index is -4.29. The highest BCUT2D eigenvalue weighted by Crippen LogP contribution is 2.28. The number of nitrogens with zero attached hydrogens (tertiary/aromatic N) is 2. The highest BCUT2D eigenvalue weighted by atomic mass is 19.4. The van der Waals surface area contributed by atoms with Crippen LogP contribution < -0.4 is 5.32 Å². The first-order valence-corrected chi connectivity index (χ1v) is 5.36. The molecule has 1 fully saturated rings. The van der Waals surface area contributed by atoms with Crippen molar-refractivity contribution in [1.82, 2.24) is 15.1 Å². The predicted octanol–water partition coefficient (Wildman–Crippen LogP) is 1.90. The second kappa shape index (κ2) is 4.45. The molecule has 1 N–H and O–H groups in total. The molecule has 0 aliphatic carbocycles. The summed E-state index contributed by atoms with van der Waals surface area (Å²) in [7, 11) is 0. The van der Waals surface area contributed by atoms with Crippen LogP contribution in [0.25, 0.3) is 0 Å². The fraction of sp³-hybridized carbons (Fsp3) is 0.700. The maximum absolute atomic E-state index is 12.3. The third-order valence-corrected chi connectivity index (χ3v) is 2.80. The normalized spacial score (nSPS) is 22.3. The van der Waals surface area contributed by atoms with Crippen LogP contribution in [0.2, 0.25) is 0 Å². The van der Waals surface area contributed by atoms with Crippen molar-refractivity contribution in [3.8, 4) is 0 Å². The van der Waals surface area contributed by atoms with Gasteiger partial charge in [-0.15, -0.1) is 0 Å². The highest BCUT2D eigenvalue weighted by molar-refractivity contribution is 5.08. The lowest BCUT2D eigenvalue weighted by molar-refractivity contribution is -0.137. The summed E-state index contributed by atoms with van der Waals surface area (Å²) in [6, 6.07) is 0. The molecular weight excluding hydrogens is 219 g/mol. The molecule has 1 unspecified atom stereocenters. The third-order valence-electron chi connectivity index (χ3n) is 2.80. The molecule has 90 valence electrons. The Balaban J connectivity index is 1.97. The van der Waals surface area contributed by atoms with Gasteiger partial charge < -0.3 is 5.32 Å². The van der Waals surface area contributed by atoms with Gasteiger partial charge in [0, 0.05) is 12.7 Å². The van der Waals surface area contributed by atoms with Gasteiger partial charge in [0.1, 0.15) is 0 Å². The Morgan fingerprint density at radius 2 is 2.31 bits per heavy atom. The first-order valence-electron chi connectivity index (χ1n) is 5.36. The molecule has 2 heterocycles. The maximum Gasteiger partial charge on any atom is 0.419 e. The Bertz CT molecular complexity index is 339. The molecule has 0 amide bonds. The van der Waals surface area contributed by atoms with E-state index in [4.69, 9.17) is 0 Å². The maximum atomic E-state index is 12.3.